The highest BCUT2D eigenvalue weighted by Crippen LogP contribution is 2.22. The van der Waals surface area contributed by atoms with Gasteiger partial charge in [-0.15, -0.1) is 0 Å². The molecule has 0 radical (unpaired) electrons. The second kappa shape index (κ2) is 5.78. The van der Waals surface area contributed by atoms with Crippen molar-refractivity contribution in [2.24, 2.45) is 0 Å². The molecule has 108 valence electrons. The van der Waals surface area contributed by atoms with E-state index in [1.807, 2.05) is 18.2 Å². The largest absolute Gasteiger partial charge is 0.478 e. The maximum Gasteiger partial charge on any atom is 0.337 e. The average Bonchev–Trinajstić information content (AvgIpc) is 2.56. The SMILES string of the molecule is O=C(O)c1ccncc1N1CCN(c2ccccn2)CC1. The van der Waals surface area contributed by atoms with E-state index in [0.717, 1.165) is 32.0 Å². The van der Waals surface area contributed by atoms with Crippen molar-refractivity contribution in [1.29, 1.82) is 0 Å². The predicted molar refractivity (Wildman–Crippen MR) is 79.9 cm³/mol. The van der Waals surface area contributed by atoms with Gasteiger partial charge in [0, 0.05) is 38.6 Å². The van der Waals surface area contributed by atoms with Crippen LogP contribution in [0, 0.1) is 0 Å². The number of rotatable bonds is 3. The standard InChI is InChI=1S/C15H16N4O2/c20-15(21)12-4-6-16-11-13(12)18-7-9-19(10-8-18)14-3-1-2-5-17-14/h1-6,11H,7-10H2,(H,20,21). The quantitative estimate of drug-likeness (QED) is 0.921. The Bertz CT molecular complexity index is 625. The molecule has 2 aromatic heterocycles. The van der Waals surface area contributed by atoms with E-state index in [9.17, 15) is 9.90 Å². The van der Waals surface area contributed by atoms with E-state index in [4.69, 9.17) is 0 Å². The van der Waals surface area contributed by atoms with E-state index in [0.29, 0.717) is 11.3 Å². The van der Waals surface area contributed by atoms with Crippen LogP contribution in [0.5, 0.6) is 0 Å². The zero-order valence-corrected chi connectivity index (χ0v) is 11.5. The minimum absolute atomic E-state index is 0.302. The highest BCUT2D eigenvalue weighted by molar-refractivity contribution is 5.94. The summed E-state index contributed by atoms with van der Waals surface area (Å²) in [6.45, 7) is 3.13. The molecule has 0 unspecified atom stereocenters. The molecule has 6 heteroatoms. The lowest BCUT2D eigenvalue weighted by Gasteiger charge is -2.37. The first kappa shape index (κ1) is 13.4. The van der Waals surface area contributed by atoms with Crippen LogP contribution < -0.4 is 9.80 Å². The van der Waals surface area contributed by atoms with Crippen LogP contribution in [0.1, 0.15) is 10.4 Å². The number of carboxylic acid groups (broad SMARTS) is 1. The molecule has 1 aliphatic heterocycles. The summed E-state index contributed by atoms with van der Waals surface area (Å²) in [7, 11) is 0. The Balaban J connectivity index is 1.73. The Morgan fingerprint density at radius 3 is 2.48 bits per heavy atom. The fourth-order valence-electron chi connectivity index (χ4n) is 2.54. The third-order valence-electron chi connectivity index (χ3n) is 3.62. The van der Waals surface area contributed by atoms with Crippen molar-refractivity contribution in [3.63, 3.8) is 0 Å². The van der Waals surface area contributed by atoms with Gasteiger partial charge in [0.2, 0.25) is 0 Å². The monoisotopic (exact) mass is 284 g/mol. The van der Waals surface area contributed by atoms with Gasteiger partial charge in [0.05, 0.1) is 17.4 Å². The number of carbonyl (C=O) groups is 1. The van der Waals surface area contributed by atoms with Crippen molar-refractivity contribution in [1.82, 2.24) is 9.97 Å². The third kappa shape index (κ3) is 2.79. The van der Waals surface area contributed by atoms with Gasteiger partial charge in [-0.25, -0.2) is 9.78 Å². The number of hydrogen-bond acceptors (Lipinski definition) is 5. The molecule has 1 saturated heterocycles. The van der Waals surface area contributed by atoms with Gasteiger partial charge < -0.3 is 14.9 Å². The van der Waals surface area contributed by atoms with Crippen molar-refractivity contribution in [2.75, 3.05) is 36.0 Å². The van der Waals surface area contributed by atoms with Gasteiger partial charge in [0.25, 0.3) is 0 Å². The Hall–Kier alpha value is -2.63. The molecule has 1 aliphatic rings. The topological polar surface area (TPSA) is 69.6 Å². The van der Waals surface area contributed by atoms with E-state index in [-0.39, 0.29) is 0 Å². The van der Waals surface area contributed by atoms with Gasteiger partial charge in [-0.05, 0) is 18.2 Å². The third-order valence-corrected chi connectivity index (χ3v) is 3.62. The summed E-state index contributed by atoms with van der Waals surface area (Å²) in [4.78, 5) is 23.9. The second-order valence-electron chi connectivity index (χ2n) is 4.86. The van der Waals surface area contributed by atoms with E-state index in [1.165, 1.54) is 6.20 Å². The van der Waals surface area contributed by atoms with Crippen LogP contribution >= 0.6 is 0 Å². The number of anilines is 2. The van der Waals surface area contributed by atoms with E-state index >= 15 is 0 Å². The lowest BCUT2D eigenvalue weighted by atomic mass is 10.2. The lowest BCUT2D eigenvalue weighted by molar-refractivity contribution is 0.0697. The fraction of sp³-hybridized carbons (Fsp3) is 0.267. The van der Waals surface area contributed by atoms with Crippen molar-refractivity contribution >= 4 is 17.5 Å². The van der Waals surface area contributed by atoms with Gasteiger partial charge in [-0.2, -0.15) is 0 Å². The van der Waals surface area contributed by atoms with Gasteiger partial charge >= 0.3 is 5.97 Å². The molecule has 0 bridgehead atoms. The molecule has 0 aromatic carbocycles. The van der Waals surface area contributed by atoms with E-state index in [2.05, 4.69) is 19.8 Å². The minimum atomic E-state index is -0.917. The Morgan fingerprint density at radius 2 is 1.81 bits per heavy atom. The summed E-state index contributed by atoms with van der Waals surface area (Å²) in [5, 5.41) is 9.25. The molecule has 3 heterocycles. The normalized spacial score (nSPS) is 15.0. The van der Waals surface area contributed by atoms with Crippen LogP contribution in [-0.4, -0.2) is 47.2 Å². The molecule has 1 N–H and O–H groups in total. The maximum atomic E-state index is 11.3. The average molecular weight is 284 g/mol. The summed E-state index contributed by atoms with van der Waals surface area (Å²) >= 11 is 0. The molecule has 2 aromatic rings. The molecule has 0 atom stereocenters. The first-order chi connectivity index (χ1) is 10.3. The van der Waals surface area contributed by atoms with Crippen molar-refractivity contribution in [2.45, 2.75) is 0 Å². The highest BCUT2D eigenvalue weighted by atomic mass is 16.4. The van der Waals surface area contributed by atoms with Gasteiger partial charge in [-0.3, -0.25) is 4.98 Å². The lowest BCUT2D eigenvalue weighted by Crippen LogP contribution is -2.47. The molecule has 0 amide bonds. The number of nitrogens with zero attached hydrogens (tertiary/aromatic N) is 4. The Labute approximate surface area is 122 Å². The molecule has 21 heavy (non-hydrogen) atoms. The molecule has 0 saturated carbocycles. The molecule has 1 fully saturated rings. The van der Waals surface area contributed by atoms with Crippen LogP contribution in [0.2, 0.25) is 0 Å². The number of pyridine rings is 2. The zero-order valence-electron chi connectivity index (χ0n) is 11.5. The Kier molecular flexibility index (Phi) is 3.68. The molecular weight excluding hydrogens is 268 g/mol. The molecule has 0 spiro atoms. The van der Waals surface area contributed by atoms with Crippen molar-refractivity contribution in [3.8, 4) is 0 Å². The van der Waals surface area contributed by atoms with Gasteiger partial charge in [0.15, 0.2) is 0 Å². The molecule has 0 aliphatic carbocycles. The van der Waals surface area contributed by atoms with Crippen LogP contribution in [0.25, 0.3) is 0 Å². The molecule has 6 nitrogen and oxygen atoms in total. The second-order valence-corrected chi connectivity index (χ2v) is 4.86. The van der Waals surface area contributed by atoms with Crippen molar-refractivity contribution in [3.05, 3.63) is 48.4 Å². The maximum absolute atomic E-state index is 11.3. The number of carboxylic acids is 1. The fourth-order valence-corrected chi connectivity index (χ4v) is 2.54. The highest BCUT2D eigenvalue weighted by Gasteiger charge is 2.21. The first-order valence-corrected chi connectivity index (χ1v) is 6.84. The minimum Gasteiger partial charge on any atom is -0.478 e. The summed E-state index contributed by atoms with van der Waals surface area (Å²) in [5.41, 5.74) is 0.988. The van der Waals surface area contributed by atoms with Crippen LogP contribution in [-0.2, 0) is 0 Å². The van der Waals surface area contributed by atoms with Gasteiger partial charge in [-0.1, -0.05) is 6.07 Å². The van der Waals surface area contributed by atoms with Crippen LogP contribution in [0.4, 0.5) is 11.5 Å². The first-order valence-electron chi connectivity index (χ1n) is 6.84. The number of hydrogen-bond donors (Lipinski definition) is 1. The predicted octanol–water partition coefficient (Wildman–Crippen LogP) is 1.50. The number of piperazine rings is 1. The smallest absolute Gasteiger partial charge is 0.337 e. The Morgan fingerprint density at radius 1 is 1.05 bits per heavy atom. The number of aromatic carboxylic acids is 1. The van der Waals surface area contributed by atoms with Crippen molar-refractivity contribution < 1.29 is 9.90 Å². The van der Waals surface area contributed by atoms with E-state index < -0.39 is 5.97 Å². The van der Waals surface area contributed by atoms with E-state index in [1.54, 1.807) is 18.5 Å². The number of aromatic nitrogens is 2. The summed E-state index contributed by atoms with van der Waals surface area (Å²) in [5.74, 6) is 0.0429. The molecular formula is C15H16N4O2. The summed E-state index contributed by atoms with van der Waals surface area (Å²) in [6, 6.07) is 7.40. The summed E-state index contributed by atoms with van der Waals surface area (Å²) in [6.07, 6.45) is 4.92. The van der Waals surface area contributed by atoms with Crippen LogP contribution in [0.15, 0.2) is 42.9 Å². The van der Waals surface area contributed by atoms with Crippen LogP contribution in [0.3, 0.4) is 0 Å². The zero-order chi connectivity index (χ0) is 14.7. The molecule has 3 rings (SSSR count). The van der Waals surface area contributed by atoms with Gasteiger partial charge in [0.1, 0.15) is 5.82 Å². The summed E-state index contributed by atoms with van der Waals surface area (Å²) < 4.78 is 0.